The smallest absolute Gasteiger partial charge is 0.341 e. The summed E-state index contributed by atoms with van der Waals surface area (Å²) in [6.07, 6.45) is 4.91. The van der Waals surface area contributed by atoms with Crippen molar-refractivity contribution in [3.8, 4) is 0 Å². The fourth-order valence-electron chi connectivity index (χ4n) is 1.39. The Morgan fingerprint density at radius 3 is 2.69 bits per heavy atom. The number of hydrogen-bond donors (Lipinski definition) is 1. The molecule has 2 rings (SSSR count). The van der Waals surface area contributed by atoms with Crippen LogP contribution in [0.3, 0.4) is 0 Å². The highest BCUT2D eigenvalue weighted by Gasteiger charge is 2.35. The molecule has 0 spiro atoms. The summed E-state index contributed by atoms with van der Waals surface area (Å²) < 4.78 is 0. The number of hydroxylamine groups is 1. The van der Waals surface area contributed by atoms with Crippen molar-refractivity contribution in [2.45, 2.75) is 19.8 Å². The molecular weight excluding hydrogens is 206 g/mol. The van der Waals surface area contributed by atoms with Gasteiger partial charge in [-0.2, -0.15) is 5.17 Å². The molecule has 1 unspecified atom stereocenters. The van der Waals surface area contributed by atoms with Gasteiger partial charge in [0.15, 0.2) is 0 Å². The molecule has 1 N–H and O–H groups in total. The Morgan fingerprint density at radius 2 is 2.12 bits per heavy atom. The largest absolute Gasteiger partial charge is 0.599 e. The van der Waals surface area contributed by atoms with Gasteiger partial charge in [0.05, 0.1) is 5.92 Å². The molecule has 5 heteroatoms. The van der Waals surface area contributed by atoms with Crippen molar-refractivity contribution < 1.29 is 9.97 Å². The second-order valence-corrected chi connectivity index (χ2v) is 3.88. The zero-order valence-corrected chi connectivity index (χ0v) is 9.01. The van der Waals surface area contributed by atoms with E-state index in [2.05, 4.69) is 10.1 Å². The summed E-state index contributed by atoms with van der Waals surface area (Å²) in [5.41, 5.74) is 1.37. The van der Waals surface area contributed by atoms with Gasteiger partial charge < -0.3 is 5.21 Å². The number of quaternary nitrogens is 1. The number of nitrogens with one attached hydrogen (secondary N) is 1. The lowest BCUT2D eigenvalue weighted by molar-refractivity contribution is -0.773. The summed E-state index contributed by atoms with van der Waals surface area (Å²) in [7, 11) is 0. The summed E-state index contributed by atoms with van der Waals surface area (Å²) in [6.45, 7) is 1.72. The second-order valence-electron chi connectivity index (χ2n) is 3.88. The number of hydrogen-bond acceptors (Lipinski definition) is 4. The molecule has 5 nitrogen and oxygen atoms in total. The third-order valence-corrected chi connectivity index (χ3v) is 2.53. The van der Waals surface area contributed by atoms with Crippen molar-refractivity contribution in [3.63, 3.8) is 0 Å². The van der Waals surface area contributed by atoms with E-state index in [0.29, 0.717) is 5.71 Å². The Bertz CT molecular complexity index is 412. The van der Waals surface area contributed by atoms with Crippen LogP contribution >= 0.6 is 0 Å². The van der Waals surface area contributed by atoms with Crippen molar-refractivity contribution in [2.75, 3.05) is 0 Å². The minimum atomic E-state index is -0.628. The maximum atomic E-state index is 11.5. The van der Waals surface area contributed by atoms with Gasteiger partial charge in [-0.25, -0.2) is 4.79 Å². The quantitative estimate of drug-likeness (QED) is 0.580. The molecule has 0 aromatic carbocycles. The predicted molar refractivity (Wildman–Crippen MR) is 58.5 cm³/mol. The maximum absolute atomic E-state index is 11.5. The number of rotatable bonds is 3. The van der Waals surface area contributed by atoms with Gasteiger partial charge in [-0.15, -0.1) is 0 Å². The van der Waals surface area contributed by atoms with E-state index in [1.165, 1.54) is 0 Å². The molecule has 1 atom stereocenters. The lowest BCUT2D eigenvalue weighted by Crippen LogP contribution is -3.06. The van der Waals surface area contributed by atoms with Crippen molar-refractivity contribution >= 4 is 11.6 Å². The lowest BCUT2D eigenvalue weighted by atomic mass is 10.2. The van der Waals surface area contributed by atoms with Gasteiger partial charge in [-0.1, -0.05) is 5.10 Å². The normalized spacial score (nSPS) is 18.2. The van der Waals surface area contributed by atoms with Crippen LogP contribution in [0.15, 0.2) is 29.6 Å². The van der Waals surface area contributed by atoms with Gasteiger partial charge in [0.1, 0.15) is 5.71 Å². The van der Waals surface area contributed by atoms with Gasteiger partial charge in [-0.3, -0.25) is 4.98 Å². The van der Waals surface area contributed by atoms with E-state index in [9.17, 15) is 10.0 Å². The van der Waals surface area contributed by atoms with Gasteiger partial charge in [0.2, 0.25) is 0 Å². The average Bonchev–Trinajstić information content (AvgIpc) is 3.13. The summed E-state index contributed by atoms with van der Waals surface area (Å²) in [4.78, 5) is 15.3. The molecule has 1 fully saturated rings. The van der Waals surface area contributed by atoms with Crippen LogP contribution in [-0.4, -0.2) is 16.6 Å². The topological polar surface area (TPSA) is 69.8 Å². The molecule has 1 amide bonds. The molecule has 1 saturated carbocycles. The van der Waals surface area contributed by atoms with E-state index in [1.807, 2.05) is 0 Å². The van der Waals surface area contributed by atoms with Crippen LogP contribution in [0.1, 0.15) is 25.3 Å². The van der Waals surface area contributed by atoms with Crippen LogP contribution < -0.4 is 5.17 Å². The molecule has 0 bridgehead atoms. The predicted octanol–water partition coefficient (Wildman–Crippen LogP) is 0.125. The highest BCUT2D eigenvalue weighted by atomic mass is 16.5. The number of nitrogens with zero attached hydrogens (tertiary/aromatic N) is 2. The van der Waals surface area contributed by atoms with E-state index in [0.717, 1.165) is 18.4 Å². The van der Waals surface area contributed by atoms with Gasteiger partial charge in [0, 0.05) is 18.0 Å². The fraction of sp³-hybridized carbons (Fsp3) is 0.364. The Labute approximate surface area is 93.4 Å². The molecule has 1 aromatic heterocycles. The Hall–Kier alpha value is -1.59. The van der Waals surface area contributed by atoms with Crippen LogP contribution in [0.4, 0.5) is 0 Å². The van der Waals surface area contributed by atoms with Crippen molar-refractivity contribution in [1.29, 1.82) is 0 Å². The average molecular weight is 219 g/mol. The Balaban J connectivity index is 2.08. The summed E-state index contributed by atoms with van der Waals surface area (Å²) in [5.74, 6) is -0.421. The van der Waals surface area contributed by atoms with Crippen molar-refractivity contribution in [1.82, 2.24) is 4.98 Å². The third kappa shape index (κ3) is 2.50. The van der Waals surface area contributed by atoms with E-state index in [-0.39, 0.29) is 11.8 Å². The number of amides is 1. The standard InChI is InChI=1S/C11H13N3O2/c1-8(9-4-6-12-7-5-9)13-14(16)11(15)10-2-3-10/h4-7,10,14H,2-3H2,1H3. The molecule has 1 aliphatic carbocycles. The molecule has 1 aromatic rings. The first-order chi connectivity index (χ1) is 7.68. The molecular formula is C11H13N3O2. The van der Waals surface area contributed by atoms with Crippen LogP contribution in [0, 0.1) is 11.1 Å². The SMILES string of the molecule is CC(=N[NH+]([O-])C(=O)C1CC1)c1ccncc1. The van der Waals surface area contributed by atoms with E-state index in [4.69, 9.17) is 0 Å². The van der Waals surface area contributed by atoms with Gasteiger partial charge in [0.25, 0.3) is 0 Å². The first-order valence-electron chi connectivity index (χ1n) is 5.22. The van der Waals surface area contributed by atoms with Crippen molar-refractivity contribution in [3.05, 3.63) is 35.3 Å². The van der Waals surface area contributed by atoms with E-state index in [1.54, 1.807) is 31.5 Å². The highest BCUT2D eigenvalue weighted by Crippen LogP contribution is 2.27. The van der Waals surface area contributed by atoms with Gasteiger partial charge >= 0.3 is 5.91 Å². The van der Waals surface area contributed by atoms with Crippen LogP contribution in [0.25, 0.3) is 0 Å². The zero-order chi connectivity index (χ0) is 11.5. The molecule has 84 valence electrons. The molecule has 16 heavy (non-hydrogen) atoms. The van der Waals surface area contributed by atoms with Crippen LogP contribution in [-0.2, 0) is 4.79 Å². The van der Waals surface area contributed by atoms with E-state index < -0.39 is 5.17 Å². The Morgan fingerprint density at radius 1 is 1.50 bits per heavy atom. The Kier molecular flexibility index (Phi) is 3.07. The summed E-state index contributed by atoms with van der Waals surface area (Å²) in [5, 5.41) is 14.6. The first kappa shape index (κ1) is 10.9. The molecule has 0 saturated heterocycles. The van der Waals surface area contributed by atoms with Crippen molar-refractivity contribution in [2.24, 2.45) is 11.0 Å². The minimum absolute atomic E-state index is 0.0681. The second kappa shape index (κ2) is 4.51. The number of pyridine rings is 1. The number of carbonyl (C=O) groups is 1. The minimum Gasteiger partial charge on any atom is -0.599 e. The maximum Gasteiger partial charge on any atom is 0.341 e. The van der Waals surface area contributed by atoms with Crippen LogP contribution in [0.2, 0.25) is 0 Å². The molecule has 1 heterocycles. The monoisotopic (exact) mass is 219 g/mol. The zero-order valence-electron chi connectivity index (χ0n) is 9.01. The van der Waals surface area contributed by atoms with E-state index >= 15 is 0 Å². The highest BCUT2D eigenvalue weighted by molar-refractivity contribution is 5.98. The molecule has 0 radical (unpaired) electrons. The number of aromatic nitrogens is 1. The number of carbonyl (C=O) groups excluding carboxylic acids is 1. The third-order valence-electron chi connectivity index (χ3n) is 2.53. The van der Waals surface area contributed by atoms with Gasteiger partial charge in [-0.05, 0) is 31.9 Å². The summed E-state index contributed by atoms with van der Waals surface area (Å²) >= 11 is 0. The summed E-state index contributed by atoms with van der Waals surface area (Å²) in [6, 6.07) is 3.52. The lowest BCUT2D eigenvalue weighted by Gasteiger charge is -2.12. The van der Waals surface area contributed by atoms with Crippen LogP contribution in [0.5, 0.6) is 0 Å². The first-order valence-corrected chi connectivity index (χ1v) is 5.22. The fourth-order valence-corrected chi connectivity index (χ4v) is 1.39. The molecule has 1 aliphatic rings. The molecule has 0 aliphatic heterocycles.